The normalized spacial score (nSPS) is 15.9. The molecule has 1 aliphatic heterocycles. The van der Waals surface area contributed by atoms with Crippen LogP contribution in [-0.2, 0) is 10.9 Å². The molecule has 0 saturated heterocycles. The fourth-order valence-electron chi connectivity index (χ4n) is 2.23. The second kappa shape index (κ2) is 6.24. The van der Waals surface area contributed by atoms with Crippen LogP contribution in [0, 0.1) is 0 Å². The third-order valence-corrected chi connectivity index (χ3v) is 3.76. The van der Waals surface area contributed by atoms with E-state index in [-0.39, 0.29) is 17.6 Å². The van der Waals surface area contributed by atoms with Gasteiger partial charge in [0.25, 0.3) is 0 Å². The number of aliphatic hydroxyl groups excluding tert-OH is 1. The van der Waals surface area contributed by atoms with Crippen LogP contribution in [0.4, 0.5) is 30.5 Å². The van der Waals surface area contributed by atoms with Gasteiger partial charge in [0.15, 0.2) is 17.1 Å². The SMILES string of the molecule is CC1(C)OC(Nc2cnc(Nc3cccc(Cl)c3)nc2C(F)(F)F)=C1O. The summed E-state index contributed by atoms with van der Waals surface area (Å²) in [5.41, 5.74) is -2.15. The summed E-state index contributed by atoms with van der Waals surface area (Å²) in [6.07, 6.45) is -3.79. The van der Waals surface area contributed by atoms with Crippen LogP contribution in [0.1, 0.15) is 19.5 Å². The van der Waals surface area contributed by atoms with E-state index in [2.05, 4.69) is 20.6 Å². The lowest BCUT2D eigenvalue weighted by Gasteiger charge is -2.37. The van der Waals surface area contributed by atoms with Gasteiger partial charge in [0.1, 0.15) is 0 Å². The molecule has 0 fully saturated rings. The maximum atomic E-state index is 13.4. The summed E-state index contributed by atoms with van der Waals surface area (Å²) < 4.78 is 45.3. The highest BCUT2D eigenvalue weighted by atomic mass is 35.5. The van der Waals surface area contributed by atoms with E-state index in [0.717, 1.165) is 6.20 Å². The molecule has 2 aromatic rings. The van der Waals surface area contributed by atoms with Gasteiger partial charge < -0.3 is 20.5 Å². The zero-order valence-electron chi connectivity index (χ0n) is 13.6. The predicted molar refractivity (Wildman–Crippen MR) is 90.2 cm³/mol. The van der Waals surface area contributed by atoms with Crippen molar-refractivity contribution >= 4 is 28.9 Å². The average molecular weight is 387 g/mol. The molecule has 1 aromatic heterocycles. The van der Waals surface area contributed by atoms with Crippen molar-refractivity contribution in [2.45, 2.75) is 25.6 Å². The van der Waals surface area contributed by atoms with Crippen LogP contribution in [0.25, 0.3) is 0 Å². The van der Waals surface area contributed by atoms with Gasteiger partial charge in [-0.2, -0.15) is 13.2 Å². The second-order valence-electron chi connectivity index (χ2n) is 6.00. The van der Waals surface area contributed by atoms with Crippen LogP contribution in [0.3, 0.4) is 0 Å². The highest BCUT2D eigenvalue weighted by Crippen LogP contribution is 2.39. The predicted octanol–water partition coefficient (Wildman–Crippen LogP) is 4.84. The Morgan fingerprint density at radius 2 is 1.96 bits per heavy atom. The number of alkyl halides is 3. The van der Waals surface area contributed by atoms with Crippen molar-refractivity contribution in [3.63, 3.8) is 0 Å². The molecule has 0 radical (unpaired) electrons. The van der Waals surface area contributed by atoms with Crippen LogP contribution in [0.5, 0.6) is 0 Å². The third-order valence-electron chi connectivity index (χ3n) is 3.53. The van der Waals surface area contributed by atoms with Crippen molar-refractivity contribution in [1.82, 2.24) is 9.97 Å². The number of aliphatic hydroxyl groups is 1. The van der Waals surface area contributed by atoms with Crippen molar-refractivity contribution in [2.24, 2.45) is 0 Å². The molecule has 0 aliphatic carbocycles. The van der Waals surface area contributed by atoms with Crippen LogP contribution < -0.4 is 10.6 Å². The van der Waals surface area contributed by atoms with Crippen molar-refractivity contribution in [2.75, 3.05) is 10.6 Å². The number of halogens is 4. The van der Waals surface area contributed by atoms with Crippen LogP contribution in [0.2, 0.25) is 5.02 Å². The number of anilines is 3. The highest BCUT2D eigenvalue weighted by molar-refractivity contribution is 6.30. The first kappa shape index (κ1) is 18.1. The van der Waals surface area contributed by atoms with Crippen molar-refractivity contribution in [1.29, 1.82) is 0 Å². The Bertz CT molecular complexity index is 884. The first-order chi connectivity index (χ1) is 12.1. The van der Waals surface area contributed by atoms with Gasteiger partial charge in [0, 0.05) is 10.7 Å². The fraction of sp³-hybridized carbons (Fsp3) is 0.250. The average Bonchev–Trinajstić information content (AvgIpc) is 2.54. The molecule has 1 aromatic carbocycles. The third kappa shape index (κ3) is 3.62. The lowest BCUT2D eigenvalue weighted by molar-refractivity contribution is -0.140. The summed E-state index contributed by atoms with van der Waals surface area (Å²) in [4.78, 5) is 7.39. The van der Waals surface area contributed by atoms with Crippen molar-refractivity contribution < 1.29 is 23.0 Å². The van der Waals surface area contributed by atoms with Crippen LogP contribution in [-0.4, -0.2) is 20.7 Å². The minimum absolute atomic E-state index is 0.167. The molecule has 26 heavy (non-hydrogen) atoms. The van der Waals surface area contributed by atoms with E-state index in [9.17, 15) is 18.3 Å². The van der Waals surface area contributed by atoms with Crippen LogP contribution in [0.15, 0.2) is 42.1 Å². The van der Waals surface area contributed by atoms with E-state index in [1.54, 1.807) is 32.0 Å². The number of nitrogens with zero attached hydrogens (tertiary/aromatic N) is 2. The number of nitrogens with one attached hydrogen (secondary N) is 2. The molecule has 3 rings (SSSR count). The van der Waals surface area contributed by atoms with Gasteiger partial charge in [-0.3, -0.25) is 0 Å². The summed E-state index contributed by atoms with van der Waals surface area (Å²) in [6, 6.07) is 6.40. The molecular weight excluding hydrogens is 373 g/mol. The first-order valence-electron chi connectivity index (χ1n) is 7.43. The topological polar surface area (TPSA) is 79.3 Å². The van der Waals surface area contributed by atoms with E-state index >= 15 is 0 Å². The van der Waals surface area contributed by atoms with E-state index in [4.69, 9.17) is 16.3 Å². The number of hydrogen-bond donors (Lipinski definition) is 3. The fourth-order valence-corrected chi connectivity index (χ4v) is 2.42. The molecule has 0 amide bonds. The largest absolute Gasteiger partial charge is 0.504 e. The van der Waals surface area contributed by atoms with Gasteiger partial charge >= 0.3 is 6.18 Å². The first-order valence-corrected chi connectivity index (χ1v) is 7.80. The molecule has 0 saturated carbocycles. The Kier molecular flexibility index (Phi) is 4.35. The van der Waals surface area contributed by atoms with E-state index < -0.39 is 23.2 Å². The Balaban J connectivity index is 1.91. The molecule has 0 unspecified atom stereocenters. The number of benzene rings is 1. The van der Waals surface area contributed by atoms with E-state index in [1.807, 2.05) is 0 Å². The number of ether oxygens (including phenoxy) is 1. The lowest BCUT2D eigenvalue weighted by Crippen LogP contribution is -2.40. The smallest absolute Gasteiger partial charge is 0.435 e. The molecule has 138 valence electrons. The Morgan fingerprint density at radius 1 is 1.23 bits per heavy atom. The second-order valence-corrected chi connectivity index (χ2v) is 6.44. The van der Waals surface area contributed by atoms with Crippen molar-refractivity contribution in [3.8, 4) is 0 Å². The monoisotopic (exact) mass is 386 g/mol. The molecule has 0 spiro atoms. The summed E-state index contributed by atoms with van der Waals surface area (Å²) in [6.45, 7) is 3.15. The van der Waals surface area contributed by atoms with Crippen molar-refractivity contribution in [3.05, 3.63) is 52.8 Å². The minimum atomic E-state index is -4.74. The van der Waals surface area contributed by atoms with Gasteiger partial charge in [-0.1, -0.05) is 17.7 Å². The maximum absolute atomic E-state index is 13.4. The van der Waals surface area contributed by atoms with Gasteiger partial charge in [0.2, 0.25) is 11.8 Å². The number of rotatable bonds is 4. The molecule has 3 N–H and O–H groups in total. The Labute approximate surface area is 151 Å². The maximum Gasteiger partial charge on any atom is 0.435 e. The lowest BCUT2D eigenvalue weighted by atomic mass is 10.0. The zero-order valence-corrected chi connectivity index (χ0v) is 14.4. The molecule has 2 heterocycles. The zero-order chi connectivity index (χ0) is 19.1. The van der Waals surface area contributed by atoms with Gasteiger partial charge in [-0.25, -0.2) is 9.97 Å². The molecule has 0 bridgehead atoms. The summed E-state index contributed by atoms with van der Waals surface area (Å²) in [5.74, 6) is -0.607. The van der Waals surface area contributed by atoms with Crippen LogP contribution >= 0.6 is 11.6 Å². The van der Waals surface area contributed by atoms with E-state index in [1.165, 1.54) is 6.07 Å². The molecule has 10 heteroatoms. The summed E-state index contributed by atoms with van der Waals surface area (Å²) in [5, 5.41) is 15.3. The molecule has 0 atom stereocenters. The van der Waals surface area contributed by atoms with Gasteiger partial charge in [-0.15, -0.1) is 0 Å². The highest BCUT2D eigenvalue weighted by Gasteiger charge is 2.42. The molecule has 6 nitrogen and oxygen atoms in total. The number of aromatic nitrogens is 2. The molecule has 1 aliphatic rings. The Morgan fingerprint density at radius 3 is 2.54 bits per heavy atom. The summed E-state index contributed by atoms with van der Waals surface area (Å²) >= 11 is 5.84. The Hall–Kier alpha value is -2.68. The summed E-state index contributed by atoms with van der Waals surface area (Å²) in [7, 11) is 0. The quantitative estimate of drug-likeness (QED) is 0.697. The van der Waals surface area contributed by atoms with Gasteiger partial charge in [-0.05, 0) is 32.0 Å². The number of hydrogen-bond acceptors (Lipinski definition) is 6. The van der Waals surface area contributed by atoms with E-state index in [0.29, 0.717) is 10.7 Å². The standard InChI is InChI=1S/C16H14ClF3N4O2/c1-15(2)12(25)13(26-15)23-10-7-21-14(24-11(10)16(18,19)20)22-9-5-3-4-8(17)6-9/h3-7,23,25H,1-2H3,(H,21,22,24). The van der Waals surface area contributed by atoms with Gasteiger partial charge in [0.05, 0.1) is 11.9 Å². The minimum Gasteiger partial charge on any atom is -0.504 e. The molecular formula is C16H14ClF3N4O2.